The summed E-state index contributed by atoms with van der Waals surface area (Å²) in [6.07, 6.45) is 0.864. The Morgan fingerprint density at radius 2 is 1.89 bits per heavy atom. The standard InChI is InChI=1S/C20H33NO7/c1-11-7-8-13-19(6,23)14(21-16(22)26-17(2,3)4)24-15-20(13)12(11)9-10-18(5,25-15)27-28-20/h11-15,23H,7-10H2,1-6H3,(H,21,22)/t11-,12+,13+,14+,15-,18-,19-,20-/m1/s1. The molecule has 0 radical (unpaired) electrons. The Morgan fingerprint density at radius 3 is 2.57 bits per heavy atom. The molecule has 2 N–H and O–H groups in total. The van der Waals surface area contributed by atoms with E-state index in [0.717, 1.165) is 19.3 Å². The first-order valence-corrected chi connectivity index (χ1v) is 10.3. The second kappa shape index (κ2) is 6.28. The number of carbonyl (C=O) groups is 1. The molecule has 28 heavy (non-hydrogen) atoms. The summed E-state index contributed by atoms with van der Waals surface area (Å²) < 4.78 is 17.7. The van der Waals surface area contributed by atoms with E-state index in [-0.39, 0.29) is 11.8 Å². The molecule has 8 atom stereocenters. The largest absolute Gasteiger partial charge is 0.444 e. The minimum atomic E-state index is -1.38. The van der Waals surface area contributed by atoms with Crippen molar-refractivity contribution < 1.29 is 33.9 Å². The molecule has 4 saturated heterocycles. The van der Waals surface area contributed by atoms with Crippen LogP contribution in [0.4, 0.5) is 4.79 Å². The molecule has 1 amide bonds. The number of fused-ring (bicyclic) bond motifs is 2. The Kier molecular flexibility index (Phi) is 4.57. The van der Waals surface area contributed by atoms with Crippen molar-refractivity contribution in [3.05, 3.63) is 0 Å². The SMILES string of the molecule is C[C@@H]1CC[C@H]2[C@@](C)(O)[C@@H](NC(=O)OC(C)(C)C)O[C@@H]3O[C@@]4(C)CC[C@@H]1[C@]32OO4. The summed E-state index contributed by atoms with van der Waals surface area (Å²) in [5.41, 5.74) is -2.93. The summed E-state index contributed by atoms with van der Waals surface area (Å²) in [5, 5.41) is 14.2. The van der Waals surface area contributed by atoms with Crippen LogP contribution in [0.25, 0.3) is 0 Å². The van der Waals surface area contributed by atoms with E-state index >= 15 is 0 Å². The van der Waals surface area contributed by atoms with Crippen molar-refractivity contribution in [1.29, 1.82) is 0 Å². The maximum absolute atomic E-state index is 12.4. The van der Waals surface area contributed by atoms with E-state index in [1.807, 2.05) is 6.92 Å². The summed E-state index contributed by atoms with van der Waals surface area (Å²) in [7, 11) is 0. The van der Waals surface area contributed by atoms with Crippen LogP contribution in [-0.4, -0.2) is 46.3 Å². The highest BCUT2D eigenvalue weighted by Gasteiger charge is 2.72. The Hall–Kier alpha value is -0.930. The second-order valence-electron chi connectivity index (χ2n) is 10.2. The van der Waals surface area contributed by atoms with Crippen molar-refractivity contribution in [2.75, 3.05) is 0 Å². The van der Waals surface area contributed by atoms with Gasteiger partial charge < -0.3 is 19.3 Å². The summed E-state index contributed by atoms with van der Waals surface area (Å²) in [4.78, 5) is 24.1. The Morgan fingerprint density at radius 1 is 1.18 bits per heavy atom. The number of nitrogens with one attached hydrogen (secondary N) is 1. The van der Waals surface area contributed by atoms with Crippen LogP contribution in [0.5, 0.6) is 0 Å². The zero-order chi connectivity index (χ0) is 20.5. The lowest BCUT2D eigenvalue weighted by Crippen LogP contribution is -2.77. The van der Waals surface area contributed by atoms with Gasteiger partial charge in [0, 0.05) is 12.3 Å². The summed E-state index contributed by atoms with van der Waals surface area (Å²) in [6, 6.07) is 0. The van der Waals surface area contributed by atoms with Crippen molar-refractivity contribution >= 4 is 6.09 Å². The van der Waals surface area contributed by atoms with Crippen LogP contribution >= 0.6 is 0 Å². The van der Waals surface area contributed by atoms with Gasteiger partial charge in [-0.25, -0.2) is 14.6 Å². The molecule has 8 heteroatoms. The predicted octanol–water partition coefficient (Wildman–Crippen LogP) is 2.83. The molecule has 2 bridgehead atoms. The topological polar surface area (TPSA) is 95.5 Å². The lowest BCUT2D eigenvalue weighted by molar-refractivity contribution is -0.577. The van der Waals surface area contributed by atoms with E-state index < -0.39 is 41.2 Å². The number of alkyl carbamates (subject to hydrolysis) is 1. The van der Waals surface area contributed by atoms with Gasteiger partial charge in [-0.15, -0.1) is 0 Å². The summed E-state index contributed by atoms with van der Waals surface area (Å²) >= 11 is 0. The molecule has 0 unspecified atom stereocenters. The van der Waals surface area contributed by atoms with Crippen molar-refractivity contribution in [3.8, 4) is 0 Å². The van der Waals surface area contributed by atoms with Gasteiger partial charge in [-0.2, -0.15) is 0 Å². The molecule has 160 valence electrons. The maximum Gasteiger partial charge on any atom is 0.409 e. The summed E-state index contributed by atoms with van der Waals surface area (Å²) in [5.74, 6) is -0.699. The molecule has 4 aliphatic heterocycles. The average molecular weight is 399 g/mol. The number of hydrogen-bond donors (Lipinski definition) is 2. The third kappa shape index (κ3) is 3.04. The highest BCUT2D eigenvalue weighted by Crippen LogP contribution is 2.61. The number of ether oxygens (including phenoxy) is 3. The fraction of sp³-hybridized carbons (Fsp3) is 0.950. The Balaban J connectivity index is 1.67. The first kappa shape index (κ1) is 20.3. The lowest BCUT2D eigenvalue weighted by atomic mass is 9.56. The average Bonchev–Trinajstić information content (AvgIpc) is 2.77. The van der Waals surface area contributed by atoms with Gasteiger partial charge in [0.15, 0.2) is 18.1 Å². The van der Waals surface area contributed by atoms with E-state index in [1.165, 1.54) is 0 Å². The predicted molar refractivity (Wildman–Crippen MR) is 97.7 cm³/mol. The zero-order valence-corrected chi connectivity index (χ0v) is 17.6. The van der Waals surface area contributed by atoms with Gasteiger partial charge >= 0.3 is 6.09 Å². The van der Waals surface area contributed by atoms with Gasteiger partial charge in [0.05, 0.1) is 0 Å². The summed E-state index contributed by atoms with van der Waals surface area (Å²) in [6.45, 7) is 11.1. The van der Waals surface area contributed by atoms with Crippen LogP contribution in [0.2, 0.25) is 0 Å². The third-order valence-corrected chi connectivity index (χ3v) is 6.86. The van der Waals surface area contributed by atoms with Crippen LogP contribution in [-0.2, 0) is 24.0 Å². The van der Waals surface area contributed by atoms with Crippen LogP contribution in [0.1, 0.15) is 67.2 Å². The molecule has 1 saturated carbocycles. The first-order valence-electron chi connectivity index (χ1n) is 10.3. The number of hydrogen-bond acceptors (Lipinski definition) is 7. The highest BCUT2D eigenvalue weighted by molar-refractivity contribution is 5.68. The minimum Gasteiger partial charge on any atom is -0.444 e. The molecule has 0 aromatic heterocycles. The third-order valence-electron chi connectivity index (χ3n) is 6.86. The van der Waals surface area contributed by atoms with Gasteiger partial charge in [0.2, 0.25) is 5.79 Å². The molecule has 4 heterocycles. The van der Waals surface area contributed by atoms with Gasteiger partial charge in [-0.1, -0.05) is 6.92 Å². The molecule has 1 spiro atoms. The highest BCUT2D eigenvalue weighted by atomic mass is 17.3. The number of rotatable bonds is 1. The lowest BCUT2D eigenvalue weighted by Gasteiger charge is -2.62. The fourth-order valence-electron chi connectivity index (χ4n) is 5.51. The molecular weight excluding hydrogens is 366 g/mol. The van der Waals surface area contributed by atoms with E-state index in [0.29, 0.717) is 12.3 Å². The molecule has 0 aromatic rings. The Labute approximate surface area is 166 Å². The number of amides is 1. The zero-order valence-electron chi connectivity index (χ0n) is 17.6. The molecule has 5 fully saturated rings. The van der Waals surface area contributed by atoms with E-state index in [1.54, 1.807) is 27.7 Å². The van der Waals surface area contributed by atoms with Crippen LogP contribution in [0.3, 0.4) is 0 Å². The molecule has 0 aromatic carbocycles. The van der Waals surface area contributed by atoms with Gasteiger partial charge in [-0.3, -0.25) is 5.32 Å². The van der Waals surface area contributed by atoms with E-state index in [9.17, 15) is 9.90 Å². The smallest absolute Gasteiger partial charge is 0.409 e. The second-order valence-corrected chi connectivity index (χ2v) is 10.2. The minimum absolute atomic E-state index is 0.134. The first-order chi connectivity index (χ1) is 12.9. The monoisotopic (exact) mass is 399 g/mol. The van der Waals surface area contributed by atoms with Crippen LogP contribution < -0.4 is 5.32 Å². The van der Waals surface area contributed by atoms with Crippen molar-refractivity contribution in [2.24, 2.45) is 17.8 Å². The molecule has 8 nitrogen and oxygen atoms in total. The fourth-order valence-corrected chi connectivity index (χ4v) is 5.51. The maximum atomic E-state index is 12.4. The van der Waals surface area contributed by atoms with Gasteiger partial charge in [-0.05, 0) is 65.7 Å². The Bertz CT molecular complexity index is 647. The number of aliphatic hydroxyl groups is 1. The van der Waals surface area contributed by atoms with Gasteiger partial charge in [0.25, 0.3) is 0 Å². The molecule has 5 rings (SSSR count). The van der Waals surface area contributed by atoms with E-state index in [4.69, 9.17) is 24.0 Å². The van der Waals surface area contributed by atoms with Gasteiger partial charge in [0.1, 0.15) is 11.2 Å². The van der Waals surface area contributed by atoms with Crippen molar-refractivity contribution in [1.82, 2.24) is 5.32 Å². The molecular formula is C20H33NO7. The van der Waals surface area contributed by atoms with E-state index in [2.05, 4.69) is 12.2 Å². The number of carbonyl (C=O) groups excluding carboxylic acids is 1. The molecule has 5 aliphatic rings. The van der Waals surface area contributed by atoms with Crippen molar-refractivity contribution in [3.63, 3.8) is 0 Å². The van der Waals surface area contributed by atoms with Crippen molar-refractivity contribution in [2.45, 2.75) is 102 Å². The normalized spacial score (nSPS) is 50.5. The molecule has 1 aliphatic carbocycles. The van der Waals surface area contributed by atoms with Crippen LogP contribution in [0, 0.1) is 17.8 Å². The van der Waals surface area contributed by atoms with Crippen LogP contribution in [0.15, 0.2) is 0 Å². The quantitative estimate of drug-likeness (QED) is 0.655.